The van der Waals surface area contributed by atoms with Crippen LogP contribution in [0.1, 0.15) is 5.56 Å². The van der Waals surface area contributed by atoms with Crippen molar-refractivity contribution in [3.05, 3.63) is 236 Å². The molecule has 0 amide bonds. The molecule has 0 aliphatic carbocycles. The number of hydrogen-bond donors (Lipinski definition) is 1. The van der Waals surface area contributed by atoms with Crippen molar-refractivity contribution in [2.24, 2.45) is 0 Å². The van der Waals surface area contributed by atoms with Crippen LogP contribution < -0.4 is 10.2 Å². The predicted molar refractivity (Wildman–Crippen MR) is 243 cm³/mol. The Hall–Kier alpha value is -7.42. The Morgan fingerprint density at radius 2 is 0.649 bits per heavy atom. The third-order valence-electron chi connectivity index (χ3n) is 10.6. The summed E-state index contributed by atoms with van der Waals surface area (Å²) in [4.78, 5) is 2.34. The van der Waals surface area contributed by atoms with E-state index in [1.54, 1.807) is 0 Å². The zero-order valence-corrected chi connectivity index (χ0v) is 31.9. The van der Waals surface area contributed by atoms with E-state index in [1.807, 2.05) is 0 Å². The Labute approximate surface area is 336 Å². The summed E-state index contributed by atoms with van der Waals surface area (Å²) < 4.78 is 0. The third-order valence-corrected chi connectivity index (χ3v) is 10.6. The van der Waals surface area contributed by atoms with Gasteiger partial charge in [-0.1, -0.05) is 170 Å². The first kappa shape index (κ1) is 35.3. The van der Waals surface area contributed by atoms with Crippen molar-refractivity contribution in [1.82, 2.24) is 0 Å². The number of anilines is 5. The predicted octanol–water partition coefficient (Wildman–Crippen LogP) is 15.5. The maximum Gasteiger partial charge on any atom is 0.0464 e. The number of rotatable bonds is 10. The fourth-order valence-electron chi connectivity index (χ4n) is 7.57. The zero-order valence-electron chi connectivity index (χ0n) is 31.9. The molecule has 272 valence electrons. The Balaban J connectivity index is 1.02. The van der Waals surface area contributed by atoms with Crippen molar-refractivity contribution in [1.29, 1.82) is 0 Å². The van der Waals surface area contributed by atoms with Gasteiger partial charge in [-0.25, -0.2) is 0 Å². The molecular weight excluding hydrogens is 689 g/mol. The van der Waals surface area contributed by atoms with E-state index in [0.29, 0.717) is 0 Å². The third kappa shape index (κ3) is 7.76. The van der Waals surface area contributed by atoms with Crippen LogP contribution in [0.3, 0.4) is 0 Å². The lowest BCUT2D eigenvalue weighted by Crippen LogP contribution is -2.09. The molecule has 2 heteroatoms. The van der Waals surface area contributed by atoms with Crippen LogP contribution >= 0.6 is 0 Å². The molecule has 9 aromatic rings. The first-order valence-corrected chi connectivity index (χ1v) is 19.5. The Bertz CT molecular complexity index is 2620. The molecule has 0 aliphatic rings. The average Bonchev–Trinajstić information content (AvgIpc) is 3.29. The molecule has 0 fully saturated rings. The Morgan fingerprint density at radius 1 is 0.298 bits per heavy atom. The van der Waals surface area contributed by atoms with E-state index >= 15 is 0 Å². The number of benzene rings is 9. The molecule has 0 bridgehead atoms. The fraction of sp³-hybridized carbons (Fsp3) is 0.0182. The van der Waals surface area contributed by atoms with Gasteiger partial charge in [-0.15, -0.1) is 0 Å². The fourth-order valence-corrected chi connectivity index (χ4v) is 7.57. The average molecular weight is 731 g/mol. The number of nitrogens with one attached hydrogen (secondary N) is 1. The van der Waals surface area contributed by atoms with Gasteiger partial charge in [0.15, 0.2) is 0 Å². The molecule has 0 unspecified atom stereocenters. The smallest absolute Gasteiger partial charge is 0.0464 e. The van der Waals surface area contributed by atoms with Crippen LogP contribution in [0, 0.1) is 6.92 Å². The molecule has 0 heterocycles. The monoisotopic (exact) mass is 730 g/mol. The summed E-state index contributed by atoms with van der Waals surface area (Å²) in [5.41, 5.74) is 18.6. The van der Waals surface area contributed by atoms with E-state index in [4.69, 9.17) is 0 Å². The van der Waals surface area contributed by atoms with Crippen molar-refractivity contribution in [3.63, 3.8) is 0 Å². The van der Waals surface area contributed by atoms with Gasteiger partial charge in [0.05, 0.1) is 0 Å². The summed E-state index contributed by atoms with van der Waals surface area (Å²) in [6.45, 7) is 2.19. The summed E-state index contributed by atoms with van der Waals surface area (Å²) in [7, 11) is 0. The lowest BCUT2D eigenvalue weighted by atomic mass is 9.94. The van der Waals surface area contributed by atoms with Gasteiger partial charge >= 0.3 is 0 Å². The van der Waals surface area contributed by atoms with E-state index in [-0.39, 0.29) is 0 Å². The standard InChI is InChI=1S/C55H42N2/c1-40-21-22-48(39-54(40)53-19-11-12-20-55(53)56-49-31-23-44(24-32-49)41-13-5-2-6-14-41)47-29-37-52(38-30-47)57(50-33-25-45(26-34-50)42-15-7-3-8-16-42)51-35-27-46(28-36-51)43-17-9-4-10-18-43/h2-39,56H,1H3. The zero-order chi connectivity index (χ0) is 38.4. The summed E-state index contributed by atoms with van der Waals surface area (Å²) in [5.74, 6) is 0. The summed E-state index contributed by atoms with van der Waals surface area (Å²) in [6, 6.07) is 82.3. The highest BCUT2D eigenvalue weighted by Gasteiger charge is 2.15. The molecular formula is C55H42N2. The van der Waals surface area contributed by atoms with E-state index in [9.17, 15) is 0 Å². The quantitative estimate of drug-likeness (QED) is 0.151. The second-order valence-electron chi connectivity index (χ2n) is 14.4. The van der Waals surface area contributed by atoms with Crippen LogP contribution in [0.15, 0.2) is 231 Å². The molecule has 0 atom stereocenters. The minimum Gasteiger partial charge on any atom is -0.355 e. The molecule has 0 spiro atoms. The number of aryl methyl sites for hydroxylation is 1. The topological polar surface area (TPSA) is 15.3 Å². The van der Waals surface area contributed by atoms with Crippen LogP contribution in [-0.2, 0) is 0 Å². The van der Waals surface area contributed by atoms with Gasteiger partial charge < -0.3 is 10.2 Å². The maximum atomic E-state index is 3.71. The lowest BCUT2D eigenvalue weighted by Gasteiger charge is -2.26. The molecule has 0 radical (unpaired) electrons. The summed E-state index contributed by atoms with van der Waals surface area (Å²) in [6.07, 6.45) is 0. The Kier molecular flexibility index (Phi) is 9.99. The second-order valence-corrected chi connectivity index (χ2v) is 14.4. The van der Waals surface area contributed by atoms with Crippen molar-refractivity contribution < 1.29 is 0 Å². The van der Waals surface area contributed by atoms with Gasteiger partial charge in [0.25, 0.3) is 0 Å². The van der Waals surface area contributed by atoms with Crippen molar-refractivity contribution in [2.45, 2.75) is 6.92 Å². The van der Waals surface area contributed by atoms with Crippen LogP contribution in [0.25, 0.3) is 55.6 Å². The molecule has 0 saturated carbocycles. The van der Waals surface area contributed by atoms with Gasteiger partial charge in [0, 0.05) is 34.0 Å². The normalized spacial score (nSPS) is 10.9. The highest BCUT2D eigenvalue weighted by Crippen LogP contribution is 2.39. The first-order valence-electron chi connectivity index (χ1n) is 19.5. The number of para-hydroxylation sites is 1. The number of hydrogen-bond acceptors (Lipinski definition) is 2. The van der Waals surface area contributed by atoms with E-state index in [2.05, 4.69) is 248 Å². The van der Waals surface area contributed by atoms with Gasteiger partial charge in [0.2, 0.25) is 0 Å². The van der Waals surface area contributed by atoms with Crippen molar-refractivity contribution in [2.75, 3.05) is 10.2 Å². The minimum atomic E-state index is 1.06. The van der Waals surface area contributed by atoms with E-state index < -0.39 is 0 Å². The molecule has 57 heavy (non-hydrogen) atoms. The molecule has 0 aromatic heterocycles. The first-order chi connectivity index (χ1) is 28.2. The second kappa shape index (κ2) is 16.1. The van der Waals surface area contributed by atoms with Gasteiger partial charge in [0.1, 0.15) is 0 Å². The number of nitrogens with zero attached hydrogens (tertiary/aromatic N) is 1. The molecule has 0 aliphatic heterocycles. The van der Waals surface area contributed by atoms with Crippen LogP contribution in [0.4, 0.5) is 28.4 Å². The van der Waals surface area contributed by atoms with E-state index in [1.165, 1.54) is 61.2 Å². The largest absolute Gasteiger partial charge is 0.355 e. The van der Waals surface area contributed by atoms with Crippen molar-refractivity contribution in [3.8, 4) is 55.6 Å². The molecule has 1 N–H and O–H groups in total. The molecule has 9 aromatic carbocycles. The van der Waals surface area contributed by atoms with Gasteiger partial charge in [-0.3, -0.25) is 0 Å². The van der Waals surface area contributed by atoms with Crippen molar-refractivity contribution >= 4 is 28.4 Å². The van der Waals surface area contributed by atoms with Crippen LogP contribution in [0.2, 0.25) is 0 Å². The Morgan fingerprint density at radius 3 is 1.11 bits per heavy atom. The molecule has 2 nitrogen and oxygen atoms in total. The minimum absolute atomic E-state index is 1.06. The van der Waals surface area contributed by atoms with E-state index in [0.717, 1.165) is 28.4 Å². The highest BCUT2D eigenvalue weighted by atomic mass is 15.1. The van der Waals surface area contributed by atoms with Gasteiger partial charge in [-0.2, -0.15) is 0 Å². The van der Waals surface area contributed by atoms with Crippen LogP contribution in [-0.4, -0.2) is 0 Å². The van der Waals surface area contributed by atoms with Gasteiger partial charge in [-0.05, 0) is 123 Å². The molecule has 0 saturated heterocycles. The SMILES string of the molecule is Cc1ccc(-c2ccc(N(c3ccc(-c4ccccc4)cc3)c3ccc(-c4ccccc4)cc3)cc2)cc1-c1ccccc1Nc1ccc(-c2ccccc2)cc1. The maximum absolute atomic E-state index is 3.71. The van der Waals surface area contributed by atoms with Crippen LogP contribution in [0.5, 0.6) is 0 Å². The highest BCUT2D eigenvalue weighted by molar-refractivity contribution is 5.86. The molecule has 9 rings (SSSR count). The summed E-state index contributed by atoms with van der Waals surface area (Å²) in [5, 5.41) is 3.71. The lowest BCUT2D eigenvalue weighted by molar-refractivity contribution is 1.28. The summed E-state index contributed by atoms with van der Waals surface area (Å²) >= 11 is 0.